The molecule has 1 aliphatic heterocycles. The van der Waals surface area contributed by atoms with Crippen molar-refractivity contribution in [3.8, 4) is 0 Å². The Morgan fingerprint density at radius 2 is 1.90 bits per heavy atom. The van der Waals surface area contributed by atoms with Crippen LogP contribution in [0.3, 0.4) is 0 Å². The van der Waals surface area contributed by atoms with Gasteiger partial charge in [-0.2, -0.15) is 0 Å². The van der Waals surface area contributed by atoms with Crippen LogP contribution < -0.4 is 0 Å². The predicted molar refractivity (Wildman–Crippen MR) is 72.1 cm³/mol. The van der Waals surface area contributed by atoms with E-state index < -0.39 is 12.0 Å². The Labute approximate surface area is 119 Å². The van der Waals surface area contributed by atoms with Crippen LogP contribution in [0, 0.1) is 17.8 Å². The minimum absolute atomic E-state index is 0.0521. The van der Waals surface area contributed by atoms with Gasteiger partial charge in [0.05, 0.1) is 13.2 Å². The number of carboxylic acids is 1. The van der Waals surface area contributed by atoms with Crippen LogP contribution in [0.4, 0.5) is 0 Å². The van der Waals surface area contributed by atoms with Gasteiger partial charge in [-0.15, -0.1) is 0 Å². The summed E-state index contributed by atoms with van der Waals surface area (Å²) in [6.07, 6.45) is 7.37. The third kappa shape index (κ3) is 2.68. The maximum atomic E-state index is 12.5. The quantitative estimate of drug-likeness (QED) is 0.851. The third-order valence-electron chi connectivity index (χ3n) is 5.11. The zero-order chi connectivity index (χ0) is 14.1. The van der Waals surface area contributed by atoms with E-state index in [1.165, 1.54) is 32.1 Å². The number of hydrogen-bond donors (Lipinski definition) is 1. The van der Waals surface area contributed by atoms with Crippen molar-refractivity contribution >= 4 is 11.9 Å². The van der Waals surface area contributed by atoms with E-state index in [1.54, 1.807) is 4.90 Å². The van der Waals surface area contributed by atoms with Crippen molar-refractivity contribution in [3.63, 3.8) is 0 Å². The molecule has 1 amide bonds. The Hall–Kier alpha value is -1.10. The van der Waals surface area contributed by atoms with E-state index >= 15 is 0 Å². The number of amides is 1. The lowest BCUT2D eigenvalue weighted by molar-refractivity contribution is -0.159. The molecule has 20 heavy (non-hydrogen) atoms. The summed E-state index contributed by atoms with van der Waals surface area (Å²) in [4.78, 5) is 25.3. The molecular weight excluding hydrogens is 258 g/mol. The Balaban J connectivity index is 1.60. The van der Waals surface area contributed by atoms with Crippen molar-refractivity contribution in [3.05, 3.63) is 0 Å². The van der Waals surface area contributed by atoms with Gasteiger partial charge in [-0.25, -0.2) is 4.79 Å². The number of carbonyl (C=O) groups excluding carboxylic acids is 1. The van der Waals surface area contributed by atoms with Crippen LogP contribution >= 0.6 is 0 Å². The van der Waals surface area contributed by atoms with Gasteiger partial charge in [-0.1, -0.05) is 32.1 Å². The van der Waals surface area contributed by atoms with Gasteiger partial charge in [0.25, 0.3) is 0 Å². The second kappa shape index (κ2) is 5.72. The minimum Gasteiger partial charge on any atom is -0.480 e. The molecule has 3 fully saturated rings. The Kier molecular flexibility index (Phi) is 3.96. The average molecular weight is 281 g/mol. The molecule has 0 radical (unpaired) electrons. The van der Waals surface area contributed by atoms with Crippen LogP contribution in [0.25, 0.3) is 0 Å². The molecule has 2 saturated carbocycles. The molecule has 3 rings (SSSR count). The Bertz CT molecular complexity index is 391. The lowest BCUT2D eigenvalue weighted by Gasteiger charge is -2.33. The Morgan fingerprint density at radius 1 is 1.15 bits per heavy atom. The molecule has 112 valence electrons. The molecule has 1 heterocycles. The SMILES string of the molecule is O=C(O)[C@@H]1COCCN1C(=O)[C@H]1C[C@@H]1C1CCCCC1. The molecule has 3 aliphatic rings. The zero-order valence-corrected chi connectivity index (χ0v) is 11.8. The molecule has 0 spiro atoms. The van der Waals surface area contributed by atoms with Gasteiger partial charge < -0.3 is 14.7 Å². The van der Waals surface area contributed by atoms with Gasteiger partial charge in [-0.3, -0.25) is 4.79 Å². The lowest BCUT2D eigenvalue weighted by atomic mass is 9.85. The molecule has 1 saturated heterocycles. The Morgan fingerprint density at radius 3 is 2.60 bits per heavy atom. The summed E-state index contributed by atoms with van der Waals surface area (Å²) in [5.41, 5.74) is 0. The first-order chi connectivity index (χ1) is 9.68. The fourth-order valence-electron chi connectivity index (χ4n) is 3.87. The highest BCUT2D eigenvalue weighted by molar-refractivity contribution is 5.87. The molecule has 2 aliphatic carbocycles. The van der Waals surface area contributed by atoms with Crippen LogP contribution in [-0.4, -0.2) is 47.7 Å². The number of carboxylic acid groups (broad SMARTS) is 1. The third-order valence-corrected chi connectivity index (χ3v) is 5.11. The molecule has 1 N–H and O–H groups in total. The van der Waals surface area contributed by atoms with Crippen molar-refractivity contribution < 1.29 is 19.4 Å². The number of nitrogens with zero attached hydrogens (tertiary/aromatic N) is 1. The summed E-state index contributed by atoms with van der Waals surface area (Å²) >= 11 is 0. The zero-order valence-electron chi connectivity index (χ0n) is 11.8. The van der Waals surface area contributed by atoms with Crippen molar-refractivity contribution in [1.82, 2.24) is 4.90 Å². The topological polar surface area (TPSA) is 66.8 Å². The molecule has 3 atom stereocenters. The van der Waals surface area contributed by atoms with Crippen LogP contribution in [0.2, 0.25) is 0 Å². The summed E-state index contributed by atoms with van der Waals surface area (Å²) in [5, 5.41) is 9.20. The number of carbonyl (C=O) groups is 2. The van der Waals surface area contributed by atoms with Gasteiger partial charge in [0, 0.05) is 12.5 Å². The summed E-state index contributed by atoms with van der Waals surface area (Å²) in [6.45, 7) is 1.00. The van der Waals surface area contributed by atoms with E-state index in [2.05, 4.69) is 0 Å². The highest BCUT2D eigenvalue weighted by atomic mass is 16.5. The first-order valence-corrected chi connectivity index (χ1v) is 7.79. The van der Waals surface area contributed by atoms with Gasteiger partial charge in [0.15, 0.2) is 6.04 Å². The maximum absolute atomic E-state index is 12.5. The summed E-state index contributed by atoms with van der Waals surface area (Å²) < 4.78 is 5.19. The highest BCUT2D eigenvalue weighted by Crippen LogP contribution is 2.50. The molecule has 0 aromatic carbocycles. The molecule has 0 aromatic heterocycles. The van der Waals surface area contributed by atoms with Crippen LogP contribution in [0.1, 0.15) is 38.5 Å². The summed E-state index contributed by atoms with van der Waals surface area (Å²) in [7, 11) is 0. The summed E-state index contributed by atoms with van der Waals surface area (Å²) in [5.74, 6) is 0.393. The van der Waals surface area contributed by atoms with Gasteiger partial charge in [0.1, 0.15) is 0 Å². The van der Waals surface area contributed by atoms with E-state index in [-0.39, 0.29) is 18.4 Å². The average Bonchev–Trinajstić information content (AvgIpc) is 3.28. The number of morpholine rings is 1. The molecule has 5 nitrogen and oxygen atoms in total. The normalized spacial score (nSPS) is 34.8. The molecule has 0 bridgehead atoms. The van der Waals surface area contributed by atoms with Gasteiger partial charge >= 0.3 is 5.97 Å². The number of ether oxygens (including phenoxy) is 1. The first kappa shape index (κ1) is 13.9. The standard InChI is InChI=1S/C15H23NO4/c17-14(16-6-7-20-9-13(16)15(18)19)12-8-11(12)10-4-2-1-3-5-10/h10-13H,1-9H2,(H,18,19)/t11-,12+,13+/m1/s1. The van der Waals surface area contributed by atoms with E-state index in [4.69, 9.17) is 4.74 Å². The lowest BCUT2D eigenvalue weighted by Crippen LogP contribution is -2.53. The first-order valence-electron chi connectivity index (χ1n) is 7.79. The largest absolute Gasteiger partial charge is 0.480 e. The monoisotopic (exact) mass is 281 g/mol. The smallest absolute Gasteiger partial charge is 0.328 e. The van der Waals surface area contributed by atoms with Crippen LogP contribution in [0.5, 0.6) is 0 Å². The second-order valence-electron chi connectivity index (χ2n) is 6.36. The van der Waals surface area contributed by atoms with Gasteiger partial charge in [0.2, 0.25) is 5.91 Å². The fraction of sp³-hybridized carbons (Fsp3) is 0.867. The maximum Gasteiger partial charge on any atom is 0.328 e. The fourth-order valence-corrected chi connectivity index (χ4v) is 3.87. The van der Waals surface area contributed by atoms with Crippen LogP contribution in [0.15, 0.2) is 0 Å². The van der Waals surface area contributed by atoms with Crippen molar-refractivity contribution in [2.75, 3.05) is 19.8 Å². The van der Waals surface area contributed by atoms with E-state index in [0.29, 0.717) is 25.0 Å². The van der Waals surface area contributed by atoms with Gasteiger partial charge in [-0.05, 0) is 18.3 Å². The highest BCUT2D eigenvalue weighted by Gasteiger charge is 2.50. The van der Waals surface area contributed by atoms with Crippen molar-refractivity contribution in [2.24, 2.45) is 17.8 Å². The second-order valence-corrected chi connectivity index (χ2v) is 6.36. The van der Waals surface area contributed by atoms with E-state index in [1.807, 2.05) is 0 Å². The van der Waals surface area contributed by atoms with Crippen molar-refractivity contribution in [2.45, 2.75) is 44.6 Å². The molecule has 0 unspecified atom stereocenters. The number of hydrogen-bond acceptors (Lipinski definition) is 3. The van der Waals surface area contributed by atoms with Crippen molar-refractivity contribution in [1.29, 1.82) is 0 Å². The molecule has 5 heteroatoms. The number of aliphatic carboxylic acids is 1. The summed E-state index contributed by atoms with van der Waals surface area (Å²) in [6, 6.07) is -0.788. The molecule has 0 aromatic rings. The molecular formula is C15H23NO4. The van der Waals surface area contributed by atoms with Crippen LogP contribution in [-0.2, 0) is 14.3 Å². The van der Waals surface area contributed by atoms with E-state index in [9.17, 15) is 14.7 Å². The van der Waals surface area contributed by atoms with E-state index in [0.717, 1.165) is 6.42 Å². The number of rotatable bonds is 3. The minimum atomic E-state index is -0.951. The predicted octanol–water partition coefficient (Wildman–Crippen LogP) is 1.51.